The molecule has 0 unspecified atom stereocenters. The number of furan rings is 1. The van der Waals surface area contributed by atoms with Crippen molar-refractivity contribution < 1.29 is 23.5 Å². The van der Waals surface area contributed by atoms with Crippen molar-refractivity contribution in [1.29, 1.82) is 0 Å². The van der Waals surface area contributed by atoms with Crippen LogP contribution in [0.1, 0.15) is 32.0 Å². The number of para-hydroxylation sites is 1. The molecule has 0 bridgehead atoms. The molecule has 0 saturated heterocycles. The third kappa shape index (κ3) is 6.18. The van der Waals surface area contributed by atoms with Crippen LogP contribution in [0, 0.1) is 0 Å². The van der Waals surface area contributed by atoms with Crippen LogP contribution in [0.5, 0.6) is 11.5 Å². The van der Waals surface area contributed by atoms with Gasteiger partial charge in [-0.1, -0.05) is 30.3 Å². The lowest BCUT2D eigenvalue weighted by molar-refractivity contribution is 0.0701. The summed E-state index contributed by atoms with van der Waals surface area (Å²) in [5.41, 5.74) is 4.65. The van der Waals surface area contributed by atoms with Crippen molar-refractivity contribution in [3.05, 3.63) is 120 Å². The normalized spacial score (nSPS) is 10.7. The number of nitrogens with zero attached hydrogens (tertiary/aromatic N) is 1. The Bertz CT molecular complexity index is 1220. The van der Waals surface area contributed by atoms with Crippen molar-refractivity contribution in [1.82, 2.24) is 5.43 Å². The van der Waals surface area contributed by atoms with Crippen LogP contribution < -0.4 is 14.9 Å². The molecule has 0 aliphatic heterocycles. The molecule has 7 nitrogen and oxygen atoms in total. The van der Waals surface area contributed by atoms with Crippen LogP contribution in [-0.4, -0.2) is 18.1 Å². The average Bonchev–Trinajstić information content (AvgIpc) is 3.40. The van der Waals surface area contributed by atoms with Gasteiger partial charge >= 0.3 is 5.97 Å². The monoisotopic (exact) mass is 440 g/mol. The number of benzene rings is 3. The van der Waals surface area contributed by atoms with E-state index in [0.717, 1.165) is 16.9 Å². The summed E-state index contributed by atoms with van der Waals surface area (Å²) in [6.07, 6.45) is 2.90. The molecule has 1 N–H and O–H groups in total. The van der Waals surface area contributed by atoms with Crippen molar-refractivity contribution in [2.75, 3.05) is 0 Å². The van der Waals surface area contributed by atoms with Crippen molar-refractivity contribution >= 4 is 18.1 Å². The fourth-order valence-corrected chi connectivity index (χ4v) is 2.84. The molecule has 4 rings (SSSR count). The summed E-state index contributed by atoms with van der Waals surface area (Å²) >= 11 is 0. The number of amides is 1. The lowest BCUT2D eigenvalue weighted by Gasteiger charge is -2.06. The Hall–Kier alpha value is -4.65. The number of hydrogen-bond acceptors (Lipinski definition) is 6. The summed E-state index contributed by atoms with van der Waals surface area (Å²) in [6.45, 7) is 0.414. The van der Waals surface area contributed by atoms with E-state index in [2.05, 4.69) is 10.5 Å². The van der Waals surface area contributed by atoms with Crippen molar-refractivity contribution in [2.24, 2.45) is 5.10 Å². The van der Waals surface area contributed by atoms with Crippen LogP contribution >= 0.6 is 0 Å². The molecule has 1 heterocycles. The highest BCUT2D eigenvalue weighted by Gasteiger charge is 2.11. The third-order valence-corrected chi connectivity index (χ3v) is 4.56. The SMILES string of the molecule is O=C(N/N=C/c1ccc(OC(=O)c2ccco2)cc1)c1ccc(COc2ccccc2)cc1. The van der Waals surface area contributed by atoms with E-state index in [0.29, 0.717) is 17.9 Å². The van der Waals surface area contributed by atoms with Crippen LogP contribution in [0.3, 0.4) is 0 Å². The number of carbonyl (C=O) groups is 2. The fourth-order valence-electron chi connectivity index (χ4n) is 2.84. The number of nitrogens with one attached hydrogen (secondary N) is 1. The van der Waals surface area contributed by atoms with Crippen LogP contribution in [0.2, 0.25) is 0 Å². The van der Waals surface area contributed by atoms with Gasteiger partial charge in [0.05, 0.1) is 12.5 Å². The predicted octanol–water partition coefficient (Wildman–Crippen LogP) is 4.84. The highest BCUT2D eigenvalue weighted by molar-refractivity contribution is 5.95. The van der Waals surface area contributed by atoms with Gasteiger partial charge < -0.3 is 13.9 Å². The van der Waals surface area contributed by atoms with Crippen molar-refractivity contribution in [3.63, 3.8) is 0 Å². The van der Waals surface area contributed by atoms with Gasteiger partial charge in [0.15, 0.2) is 0 Å². The molecule has 0 spiro atoms. The molecule has 1 aromatic heterocycles. The first kappa shape index (κ1) is 21.6. The second kappa shape index (κ2) is 10.6. The third-order valence-electron chi connectivity index (χ3n) is 4.56. The molecule has 0 aliphatic rings. The Morgan fingerprint density at radius 1 is 0.848 bits per heavy atom. The molecule has 0 saturated carbocycles. The maximum Gasteiger partial charge on any atom is 0.379 e. The fraction of sp³-hybridized carbons (Fsp3) is 0.0385. The molecule has 33 heavy (non-hydrogen) atoms. The summed E-state index contributed by atoms with van der Waals surface area (Å²) in [7, 11) is 0. The molecule has 0 atom stereocenters. The van der Waals surface area contributed by atoms with E-state index in [1.807, 2.05) is 42.5 Å². The van der Waals surface area contributed by atoms with E-state index in [9.17, 15) is 9.59 Å². The topological polar surface area (TPSA) is 90.1 Å². The zero-order valence-corrected chi connectivity index (χ0v) is 17.5. The molecular formula is C26H20N2O5. The predicted molar refractivity (Wildman–Crippen MR) is 122 cm³/mol. The average molecular weight is 440 g/mol. The highest BCUT2D eigenvalue weighted by Crippen LogP contribution is 2.14. The minimum Gasteiger partial charge on any atom is -0.489 e. The summed E-state index contributed by atoms with van der Waals surface area (Å²) in [5, 5.41) is 3.98. The Balaban J connectivity index is 1.25. The second-order valence-corrected chi connectivity index (χ2v) is 6.93. The summed E-state index contributed by atoms with van der Waals surface area (Å²) < 4.78 is 15.9. The first-order valence-corrected chi connectivity index (χ1v) is 10.1. The van der Waals surface area contributed by atoms with Gasteiger partial charge in [-0.3, -0.25) is 4.79 Å². The number of hydrazone groups is 1. The number of ether oxygens (including phenoxy) is 2. The lowest BCUT2D eigenvalue weighted by atomic mass is 10.1. The quantitative estimate of drug-likeness (QED) is 0.183. The Morgan fingerprint density at radius 3 is 2.30 bits per heavy atom. The molecule has 164 valence electrons. The van der Waals surface area contributed by atoms with E-state index in [1.165, 1.54) is 18.5 Å². The summed E-state index contributed by atoms with van der Waals surface area (Å²) in [4.78, 5) is 24.2. The molecular weight excluding hydrogens is 420 g/mol. The smallest absolute Gasteiger partial charge is 0.379 e. The molecule has 1 amide bonds. The number of carbonyl (C=O) groups excluding carboxylic acids is 2. The van der Waals surface area contributed by atoms with E-state index < -0.39 is 5.97 Å². The van der Waals surface area contributed by atoms with Gasteiger partial charge in [0.1, 0.15) is 18.1 Å². The molecule has 0 fully saturated rings. The van der Waals surface area contributed by atoms with Gasteiger partial charge in [0, 0.05) is 5.56 Å². The maximum absolute atomic E-state index is 12.3. The van der Waals surface area contributed by atoms with E-state index >= 15 is 0 Å². The van der Waals surface area contributed by atoms with Crippen LogP contribution in [0.4, 0.5) is 0 Å². The van der Waals surface area contributed by atoms with Gasteiger partial charge in [0.25, 0.3) is 5.91 Å². The first-order valence-electron chi connectivity index (χ1n) is 10.1. The van der Waals surface area contributed by atoms with Gasteiger partial charge in [0.2, 0.25) is 5.76 Å². The zero-order valence-electron chi connectivity index (χ0n) is 17.5. The Kier molecular flexibility index (Phi) is 6.92. The largest absolute Gasteiger partial charge is 0.489 e. The molecule has 7 heteroatoms. The van der Waals surface area contributed by atoms with Gasteiger partial charge in [-0.05, 0) is 71.8 Å². The van der Waals surface area contributed by atoms with E-state index in [1.54, 1.807) is 42.5 Å². The molecule has 0 aliphatic carbocycles. The number of esters is 1. The number of rotatable bonds is 8. The minimum atomic E-state index is -0.577. The van der Waals surface area contributed by atoms with Gasteiger partial charge in [-0.15, -0.1) is 0 Å². The second-order valence-electron chi connectivity index (χ2n) is 6.93. The van der Waals surface area contributed by atoms with Crippen LogP contribution in [-0.2, 0) is 6.61 Å². The van der Waals surface area contributed by atoms with Crippen molar-refractivity contribution in [3.8, 4) is 11.5 Å². The number of hydrogen-bond donors (Lipinski definition) is 1. The molecule has 4 aromatic rings. The van der Waals surface area contributed by atoms with Gasteiger partial charge in [-0.25, -0.2) is 10.2 Å². The zero-order chi connectivity index (χ0) is 22.9. The molecule has 3 aromatic carbocycles. The highest BCUT2D eigenvalue weighted by atomic mass is 16.5. The maximum atomic E-state index is 12.3. The summed E-state index contributed by atoms with van der Waals surface area (Å²) in [5.74, 6) is 0.378. The minimum absolute atomic E-state index is 0.125. The van der Waals surface area contributed by atoms with E-state index in [-0.39, 0.29) is 11.7 Å². The first-order chi connectivity index (χ1) is 16.2. The van der Waals surface area contributed by atoms with E-state index in [4.69, 9.17) is 13.9 Å². The standard InChI is InChI=1S/C26H20N2O5/c29-25(21-12-8-20(9-13-21)18-32-22-5-2-1-3-6-22)28-27-17-19-10-14-23(15-11-19)33-26(30)24-7-4-16-31-24/h1-17H,18H2,(H,28,29)/b27-17+. The molecule has 0 radical (unpaired) electrons. The Morgan fingerprint density at radius 2 is 1.61 bits per heavy atom. The van der Waals surface area contributed by atoms with Crippen molar-refractivity contribution in [2.45, 2.75) is 6.61 Å². The Labute approximate surface area is 190 Å². The summed E-state index contributed by atoms with van der Waals surface area (Å²) in [6, 6.07) is 26.5. The van der Waals surface area contributed by atoms with Gasteiger partial charge in [-0.2, -0.15) is 5.10 Å². The van der Waals surface area contributed by atoms with Crippen LogP contribution in [0.25, 0.3) is 0 Å². The lowest BCUT2D eigenvalue weighted by Crippen LogP contribution is -2.17. The van der Waals surface area contributed by atoms with Crippen LogP contribution in [0.15, 0.2) is 107 Å².